The molecule has 0 unspecified atom stereocenters. The topological polar surface area (TPSA) is 42.8 Å². The fraction of sp³-hybridized carbons (Fsp3) is 0.125. The number of hydrogen-bond acceptors (Lipinski definition) is 3. The Morgan fingerprint density at radius 3 is 2.92 bits per heavy atom. The molecule has 68 valence electrons. The van der Waals surface area contributed by atoms with Crippen LogP contribution in [0.25, 0.3) is 11.3 Å². The van der Waals surface area contributed by atoms with E-state index in [1.165, 1.54) is 0 Å². The van der Waals surface area contributed by atoms with Crippen LogP contribution in [0.1, 0.15) is 0 Å². The first-order valence-corrected chi connectivity index (χ1v) is 3.59. The number of halogens is 1. The van der Waals surface area contributed by atoms with Crippen molar-refractivity contribution in [3.05, 3.63) is 30.7 Å². The molecule has 2 heterocycles. The van der Waals surface area contributed by atoms with Crippen LogP contribution in [0.15, 0.2) is 35.4 Å². The van der Waals surface area contributed by atoms with E-state index >= 15 is 0 Å². The molecule has 0 aliphatic rings. The maximum absolute atomic E-state index is 4.50. The molecular formula is C8H8IN3O. The Balaban J connectivity index is 0.000000845. The average Bonchev–Trinajstić information content (AvgIpc) is 2.56. The molecular weight excluding hydrogens is 281 g/mol. The largest absolute Gasteiger partial charge is 1.00 e. The van der Waals surface area contributed by atoms with Crippen LogP contribution in [0.4, 0.5) is 0 Å². The van der Waals surface area contributed by atoms with Gasteiger partial charge in [0.1, 0.15) is 12.7 Å². The number of nitrogens with zero attached hydrogens (tertiary/aromatic N) is 3. The van der Waals surface area contributed by atoms with Crippen molar-refractivity contribution in [3.63, 3.8) is 0 Å². The van der Waals surface area contributed by atoms with E-state index in [0.717, 1.165) is 11.3 Å². The molecule has 13 heavy (non-hydrogen) atoms. The van der Waals surface area contributed by atoms with Crippen LogP contribution < -0.4 is 28.5 Å². The third kappa shape index (κ3) is 2.24. The molecule has 2 aromatic rings. The first kappa shape index (κ1) is 10.1. The van der Waals surface area contributed by atoms with Gasteiger partial charge in [-0.2, -0.15) is 0 Å². The minimum atomic E-state index is 0. The second-order valence-corrected chi connectivity index (χ2v) is 2.55. The molecule has 0 aliphatic carbocycles. The summed E-state index contributed by atoms with van der Waals surface area (Å²) >= 11 is 0. The van der Waals surface area contributed by atoms with Gasteiger partial charge in [-0.1, -0.05) is 5.16 Å². The minimum Gasteiger partial charge on any atom is -1.00 e. The molecule has 2 rings (SSSR count). The predicted molar refractivity (Wildman–Crippen MR) is 40.9 cm³/mol. The van der Waals surface area contributed by atoms with E-state index in [-0.39, 0.29) is 24.0 Å². The fourth-order valence-electron chi connectivity index (χ4n) is 1.03. The van der Waals surface area contributed by atoms with Gasteiger partial charge >= 0.3 is 0 Å². The van der Waals surface area contributed by atoms with Gasteiger partial charge in [-0.15, -0.1) is 0 Å². The number of aromatic nitrogens is 3. The van der Waals surface area contributed by atoms with E-state index < -0.39 is 0 Å². The number of aryl methyl sites for hydroxylation is 1. The lowest BCUT2D eigenvalue weighted by Gasteiger charge is -1.90. The van der Waals surface area contributed by atoms with E-state index in [4.69, 9.17) is 0 Å². The highest BCUT2D eigenvalue weighted by Gasteiger charge is 2.04. The molecule has 0 bridgehead atoms. The Labute approximate surface area is 92.6 Å². The molecule has 0 saturated carbocycles. The standard InChI is InChI=1S/C8H8N3O.HI/c1-11-4-2-3-7(6-11)8-5-9-12-10-8;/h2-6H,1H3;1H/q+1;/p-1. The highest BCUT2D eigenvalue weighted by Crippen LogP contribution is 2.11. The quantitative estimate of drug-likeness (QED) is 0.433. The van der Waals surface area contributed by atoms with Crippen molar-refractivity contribution in [2.75, 3.05) is 0 Å². The van der Waals surface area contributed by atoms with E-state index in [1.54, 1.807) is 6.20 Å². The zero-order chi connectivity index (χ0) is 8.39. The first-order chi connectivity index (χ1) is 5.86. The Morgan fingerprint density at radius 2 is 2.31 bits per heavy atom. The molecule has 0 radical (unpaired) electrons. The van der Waals surface area contributed by atoms with Gasteiger partial charge in [0.2, 0.25) is 0 Å². The molecule has 0 fully saturated rings. The van der Waals surface area contributed by atoms with Crippen LogP contribution in [-0.2, 0) is 7.05 Å². The van der Waals surface area contributed by atoms with Crippen molar-refractivity contribution in [1.82, 2.24) is 10.3 Å². The molecule has 0 aliphatic heterocycles. The van der Waals surface area contributed by atoms with Crippen molar-refractivity contribution >= 4 is 0 Å². The second kappa shape index (κ2) is 4.31. The summed E-state index contributed by atoms with van der Waals surface area (Å²) in [5, 5.41) is 7.26. The SMILES string of the molecule is C[n+]1cccc(-c2cnon2)c1.[I-]. The van der Waals surface area contributed by atoms with Gasteiger partial charge in [0.25, 0.3) is 0 Å². The third-order valence-corrected chi connectivity index (χ3v) is 1.60. The lowest BCUT2D eigenvalue weighted by molar-refractivity contribution is -0.671. The van der Waals surface area contributed by atoms with Gasteiger partial charge in [-0.3, -0.25) is 0 Å². The van der Waals surface area contributed by atoms with Crippen LogP contribution in [-0.4, -0.2) is 10.3 Å². The Hall–Kier alpha value is -0.980. The van der Waals surface area contributed by atoms with Crippen LogP contribution in [0.3, 0.4) is 0 Å². The van der Waals surface area contributed by atoms with Gasteiger partial charge in [0.15, 0.2) is 12.4 Å². The number of rotatable bonds is 1. The number of hydrogen-bond donors (Lipinski definition) is 0. The van der Waals surface area contributed by atoms with Gasteiger partial charge in [-0.05, 0) is 11.2 Å². The van der Waals surface area contributed by atoms with Gasteiger partial charge in [0.05, 0.1) is 11.8 Å². The second-order valence-electron chi connectivity index (χ2n) is 2.55. The van der Waals surface area contributed by atoms with Crippen molar-refractivity contribution in [1.29, 1.82) is 0 Å². The smallest absolute Gasteiger partial charge is 0.178 e. The maximum atomic E-state index is 4.50. The zero-order valence-electron chi connectivity index (χ0n) is 7.01. The highest BCUT2D eigenvalue weighted by atomic mass is 127. The summed E-state index contributed by atoms with van der Waals surface area (Å²) in [6.07, 6.45) is 5.51. The molecule has 0 atom stereocenters. The molecule has 4 nitrogen and oxygen atoms in total. The molecule has 0 saturated heterocycles. The van der Waals surface area contributed by atoms with Crippen LogP contribution in [0, 0.1) is 0 Å². The van der Waals surface area contributed by atoms with Crippen LogP contribution in [0.5, 0.6) is 0 Å². The summed E-state index contributed by atoms with van der Waals surface area (Å²) in [6.45, 7) is 0. The molecule has 0 aromatic carbocycles. The summed E-state index contributed by atoms with van der Waals surface area (Å²) in [4.78, 5) is 0. The lowest BCUT2D eigenvalue weighted by Crippen LogP contribution is -3.00. The molecule has 0 spiro atoms. The van der Waals surface area contributed by atoms with Crippen LogP contribution in [0.2, 0.25) is 0 Å². The van der Waals surface area contributed by atoms with E-state index in [0.29, 0.717) is 0 Å². The normalized spacial score (nSPS) is 9.31. The van der Waals surface area contributed by atoms with Gasteiger partial charge < -0.3 is 24.0 Å². The Bertz CT molecular complexity index is 375. The summed E-state index contributed by atoms with van der Waals surface area (Å²) in [6, 6.07) is 3.91. The first-order valence-electron chi connectivity index (χ1n) is 3.59. The molecule has 5 heteroatoms. The molecule has 0 amide bonds. The van der Waals surface area contributed by atoms with Crippen molar-refractivity contribution in [3.8, 4) is 11.3 Å². The van der Waals surface area contributed by atoms with Gasteiger partial charge in [0, 0.05) is 6.07 Å². The van der Waals surface area contributed by atoms with E-state index in [2.05, 4.69) is 14.9 Å². The van der Waals surface area contributed by atoms with Crippen molar-refractivity contribution in [2.24, 2.45) is 7.05 Å². The molecule has 0 N–H and O–H groups in total. The Kier molecular flexibility index (Phi) is 3.35. The summed E-state index contributed by atoms with van der Waals surface area (Å²) < 4.78 is 6.45. The highest BCUT2D eigenvalue weighted by molar-refractivity contribution is 5.54. The minimum absolute atomic E-state index is 0. The summed E-state index contributed by atoms with van der Waals surface area (Å²) in [5.74, 6) is 0. The lowest BCUT2D eigenvalue weighted by atomic mass is 10.2. The monoisotopic (exact) mass is 289 g/mol. The van der Waals surface area contributed by atoms with Crippen molar-refractivity contribution in [2.45, 2.75) is 0 Å². The Morgan fingerprint density at radius 1 is 1.46 bits per heavy atom. The maximum Gasteiger partial charge on any atom is 0.178 e. The van der Waals surface area contributed by atoms with Gasteiger partial charge in [-0.25, -0.2) is 9.20 Å². The van der Waals surface area contributed by atoms with Crippen LogP contribution >= 0.6 is 0 Å². The molecule has 2 aromatic heterocycles. The van der Waals surface area contributed by atoms with E-state index in [9.17, 15) is 0 Å². The summed E-state index contributed by atoms with van der Waals surface area (Å²) in [5.41, 5.74) is 1.76. The summed E-state index contributed by atoms with van der Waals surface area (Å²) in [7, 11) is 1.96. The zero-order valence-corrected chi connectivity index (χ0v) is 9.17. The van der Waals surface area contributed by atoms with E-state index in [1.807, 2.05) is 36.1 Å². The third-order valence-electron chi connectivity index (χ3n) is 1.60. The van der Waals surface area contributed by atoms with Crippen molar-refractivity contribution < 1.29 is 33.2 Å². The predicted octanol–water partition coefficient (Wildman–Crippen LogP) is -2.43. The average molecular weight is 289 g/mol. The fourth-order valence-corrected chi connectivity index (χ4v) is 1.03. The number of pyridine rings is 1.